The van der Waals surface area contributed by atoms with E-state index in [9.17, 15) is 0 Å². The third-order valence-electron chi connectivity index (χ3n) is 2.47. The molecule has 0 spiro atoms. The van der Waals surface area contributed by atoms with Crippen LogP contribution < -0.4 is 0 Å². The highest BCUT2D eigenvalue weighted by atomic mass is 15.1. The van der Waals surface area contributed by atoms with Gasteiger partial charge in [-0.05, 0) is 17.9 Å². The minimum atomic E-state index is 0.196. The van der Waals surface area contributed by atoms with E-state index in [0.717, 1.165) is 0 Å². The van der Waals surface area contributed by atoms with Crippen molar-refractivity contribution in [2.24, 2.45) is 5.41 Å². The van der Waals surface area contributed by atoms with E-state index in [0.29, 0.717) is 0 Å². The third-order valence-corrected chi connectivity index (χ3v) is 2.47. The van der Waals surface area contributed by atoms with E-state index < -0.39 is 0 Å². The quantitative estimate of drug-likeness (QED) is 0.725. The molecule has 1 heteroatoms. The molecular formula is C15H23N. The molecule has 0 unspecified atom stereocenters. The minimum Gasteiger partial charge on any atom is -0.377 e. The Morgan fingerprint density at radius 1 is 1.12 bits per heavy atom. The van der Waals surface area contributed by atoms with Crippen molar-refractivity contribution in [3.8, 4) is 0 Å². The van der Waals surface area contributed by atoms with Crippen LogP contribution >= 0.6 is 0 Å². The monoisotopic (exact) mass is 217 g/mol. The molecular weight excluding hydrogens is 194 g/mol. The normalized spacial score (nSPS) is 12.8. The van der Waals surface area contributed by atoms with Crippen molar-refractivity contribution < 1.29 is 0 Å². The second kappa shape index (κ2) is 4.73. The maximum atomic E-state index is 2.33. The predicted molar refractivity (Wildman–Crippen MR) is 72.3 cm³/mol. The van der Waals surface area contributed by atoms with E-state index in [1.807, 2.05) is 0 Å². The first-order valence-electron chi connectivity index (χ1n) is 5.77. The standard InChI is InChI=1S/C15H23N/c1-12-9-7-8-10-13(12)14(16(5)6)11-15(2,3)4/h7-11H,1-6H3/b14-11-. The first-order chi connectivity index (χ1) is 7.31. The third kappa shape index (κ3) is 3.41. The minimum absolute atomic E-state index is 0.196. The lowest BCUT2D eigenvalue weighted by molar-refractivity contribution is 0.521. The number of hydrogen-bond acceptors (Lipinski definition) is 1. The number of benzene rings is 1. The van der Waals surface area contributed by atoms with Gasteiger partial charge in [0.1, 0.15) is 0 Å². The fourth-order valence-electron chi connectivity index (χ4n) is 1.72. The summed E-state index contributed by atoms with van der Waals surface area (Å²) in [7, 11) is 4.20. The average molecular weight is 217 g/mol. The van der Waals surface area contributed by atoms with Crippen LogP contribution in [0.25, 0.3) is 5.70 Å². The molecule has 1 aromatic carbocycles. The zero-order valence-electron chi connectivity index (χ0n) is 11.3. The molecule has 0 aliphatic carbocycles. The number of rotatable bonds is 2. The fourth-order valence-corrected chi connectivity index (χ4v) is 1.72. The summed E-state index contributed by atoms with van der Waals surface area (Å²) in [5, 5.41) is 0. The van der Waals surface area contributed by atoms with Crippen molar-refractivity contribution in [1.29, 1.82) is 0 Å². The van der Waals surface area contributed by atoms with Crippen LogP contribution in [0.1, 0.15) is 31.9 Å². The highest BCUT2D eigenvalue weighted by molar-refractivity contribution is 5.67. The van der Waals surface area contributed by atoms with Crippen molar-refractivity contribution in [1.82, 2.24) is 4.90 Å². The molecule has 88 valence electrons. The summed E-state index contributed by atoms with van der Waals surface area (Å²) in [6.07, 6.45) is 2.33. The summed E-state index contributed by atoms with van der Waals surface area (Å²) >= 11 is 0. The Balaban J connectivity index is 3.25. The summed E-state index contributed by atoms with van der Waals surface area (Å²) < 4.78 is 0. The molecule has 1 aromatic rings. The molecule has 0 fully saturated rings. The molecule has 0 amide bonds. The van der Waals surface area contributed by atoms with E-state index in [4.69, 9.17) is 0 Å². The van der Waals surface area contributed by atoms with Gasteiger partial charge in [-0.2, -0.15) is 0 Å². The van der Waals surface area contributed by atoms with Crippen molar-refractivity contribution >= 4 is 5.70 Å². The second-order valence-electron chi connectivity index (χ2n) is 5.60. The van der Waals surface area contributed by atoms with Gasteiger partial charge in [-0.3, -0.25) is 0 Å². The molecule has 1 rings (SSSR count). The maximum absolute atomic E-state index is 2.33. The van der Waals surface area contributed by atoms with E-state index in [2.05, 4.69) is 77.0 Å². The van der Waals surface area contributed by atoms with Crippen LogP contribution in [-0.4, -0.2) is 19.0 Å². The van der Waals surface area contributed by atoms with E-state index >= 15 is 0 Å². The van der Waals surface area contributed by atoms with E-state index in [1.54, 1.807) is 0 Å². The summed E-state index contributed by atoms with van der Waals surface area (Å²) in [6, 6.07) is 8.54. The van der Waals surface area contributed by atoms with Crippen molar-refractivity contribution in [2.75, 3.05) is 14.1 Å². The Labute approximate surface area is 99.8 Å². The largest absolute Gasteiger partial charge is 0.377 e. The first kappa shape index (κ1) is 12.8. The number of hydrogen-bond donors (Lipinski definition) is 0. The van der Waals surface area contributed by atoms with Gasteiger partial charge in [-0.25, -0.2) is 0 Å². The lowest BCUT2D eigenvalue weighted by Crippen LogP contribution is -2.14. The zero-order chi connectivity index (χ0) is 12.3. The molecule has 0 saturated heterocycles. The zero-order valence-corrected chi connectivity index (χ0v) is 11.3. The molecule has 0 N–H and O–H groups in total. The van der Waals surface area contributed by atoms with E-state index in [-0.39, 0.29) is 5.41 Å². The first-order valence-corrected chi connectivity index (χ1v) is 5.77. The van der Waals surface area contributed by atoms with Crippen LogP contribution in [0.3, 0.4) is 0 Å². The van der Waals surface area contributed by atoms with Gasteiger partial charge >= 0.3 is 0 Å². The highest BCUT2D eigenvalue weighted by Gasteiger charge is 2.12. The number of allylic oxidation sites excluding steroid dienone is 1. The van der Waals surface area contributed by atoms with Crippen LogP contribution in [0.5, 0.6) is 0 Å². The lowest BCUT2D eigenvalue weighted by Gasteiger charge is -2.24. The summed E-state index contributed by atoms with van der Waals surface area (Å²) in [4.78, 5) is 2.19. The van der Waals surface area contributed by atoms with Crippen LogP contribution in [0, 0.1) is 12.3 Å². The van der Waals surface area contributed by atoms with Gasteiger partial charge in [-0.1, -0.05) is 51.1 Å². The van der Waals surface area contributed by atoms with Crippen molar-refractivity contribution in [2.45, 2.75) is 27.7 Å². The Kier molecular flexibility index (Phi) is 3.79. The molecule has 0 aliphatic heterocycles. The Hall–Kier alpha value is -1.24. The van der Waals surface area contributed by atoms with Crippen LogP contribution in [-0.2, 0) is 0 Å². The van der Waals surface area contributed by atoms with Crippen LogP contribution in [0.15, 0.2) is 30.3 Å². The molecule has 0 aromatic heterocycles. The molecule has 0 radical (unpaired) electrons. The molecule has 16 heavy (non-hydrogen) atoms. The second-order valence-corrected chi connectivity index (χ2v) is 5.60. The van der Waals surface area contributed by atoms with Gasteiger partial charge in [0, 0.05) is 25.4 Å². The van der Waals surface area contributed by atoms with Gasteiger partial charge < -0.3 is 4.90 Å². The predicted octanol–water partition coefficient (Wildman–Crippen LogP) is 3.94. The molecule has 0 atom stereocenters. The van der Waals surface area contributed by atoms with Gasteiger partial charge in [0.05, 0.1) is 0 Å². The average Bonchev–Trinajstić information content (AvgIpc) is 2.13. The molecule has 0 heterocycles. The molecule has 0 aliphatic rings. The maximum Gasteiger partial charge on any atom is 0.0402 e. The lowest BCUT2D eigenvalue weighted by atomic mass is 9.92. The van der Waals surface area contributed by atoms with Crippen molar-refractivity contribution in [3.05, 3.63) is 41.5 Å². The molecule has 1 nitrogen and oxygen atoms in total. The summed E-state index contributed by atoms with van der Waals surface area (Å²) in [5.41, 5.74) is 4.14. The van der Waals surface area contributed by atoms with Gasteiger partial charge in [0.25, 0.3) is 0 Å². The van der Waals surface area contributed by atoms with Gasteiger partial charge in [-0.15, -0.1) is 0 Å². The van der Waals surface area contributed by atoms with Crippen LogP contribution in [0.4, 0.5) is 0 Å². The number of nitrogens with zero attached hydrogens (tertiary/aromatic N) is 1. The summed E-state index contributed by atoms with van der Waals surface area (Å²) in [5.74, 6) is 0. The fraction of sp³-hybridized carbons (Fsp3) is 0.467. The van der Waals surface area contributed by atoms with Gasteiger partial charge in [0.2, 0.25) is 0 Å². The van der Waals surface area contributed by atoms with E-state index in [1.165, 1.54) is 16.8 Å². The Bertz CT molecular complexity index is 381. The Morgan fingerprint density at radius 2 is 1.69 bits per heavy atom. The Morgan fingerprint density at radius 3 is 2.12 bits per heavy atom. The highest BCUT2D eigenvalue weighted by Crippen LogP contribution is 2.26. The molecule has 0 saturated carbocycles. The molecule has 0 bridgehead atoms. The smallest absolute Gasteiger partial charge is 0.0402 e. The topological polar surface area (TPSA) is 3.24 Å². The number of aryl methyl sites for hydroxylation is 1. The van der Waals surface area contributed by atoms with Crippen molar-refractivity contribution in [3.63, 3.8) is 0 Å². The summed E-state index contributed by atoms with van der Waals surface area (Å²) in [6.45, 7) is 8.85. The SMILES string of the molecule is Cc1ccccc1/C(=C/C(C)(C)C)N(C)C. The van der Waals surface area contributed by atoms with Crippen LogP contribution in [0.2, 0.25) is 0 Å². The van der Waals surface area contributed by atoms with Gasteiger partial charge in [0.15, 0.2) is 0 Å².